The zero-order valence-electron chi connectivity index (χ0n) is 19.2. The van der Waals surface area contributed by atoms with E-state index in [2.05, 4.69) is 57.5 Å². The van der Waals surface area contributed by atoms with Gasteiger partial charge in [-0.15, -0.1) is 0 Å². The van der Waals surface area contributed by atoms with Crippen LogP contribution in [0.3, 0.4) is 0 Å². The highest BCUT2D eigenvalue weighted by Gasteiger charge is 2.09. The van der Waals surface area contributed by atoms with Crippen LogP contribution in [0.1, 0.15) is 86.5 Å². The predicted molar refractivity (Wildman–Crippen MR) is 116 cm³/mol. The van der Waals surface area contributed by atoms with Gasteiger partial charge in [-0.3, -0.25) is 9.59 Å². The highest BCUT2D eigenvalue weighted by molar-refractivity contribution is 5.77. The Kier molecular flexibility index (Phi) is 14.2. The molecule has 0 aliphatic heterocycles. The van der Waals surface area contributed by atoms with Gasteiger partial charge in [-0.25, -0.2) is 0 Å². The molecule has 0 aliphatic rings. The van der Waals surface area contributed by atoms with Gasteiger partial charge in [-0.05, 0) is 64.8 Å². The van der Waals surface area contributed by atoms with Crippen molar-refractivity contribution in [2.24, 2.45) is 5.41 Å². The maximum absolute atomic E-state index is 11.8. The van der Waals surface area contributed by atoms with Crippen molar-refractivity contribution in [2.75, 3.05) is 32.8 Å². The Morgan fingerprint density at radius 3 is 1.82 bits per heavy atom. The van der Waals surface area contributed by atoms with Crippen molar-refractivity contribution in [1.29, 1.82) is 0 Å². The van der Waals surface area contributed by atoms with E-state index < -0.39 is 0 Å². The molecule has 2 amide bonds. The summed E-state index contributed by atoms with van der Waals surface area (Å²) in [6.45, 7) is 16.5. The Bertz CT molecular complexity index is 426. The lowest BCUT2D eigenvalue weighted by Crippen LogP contribution is -2.37. The van der Waals surface area contributed by atoms with E-state index in [1.165, 1.54) is 0 Å². The van der Waals surface area contributed by atoms with Crippen LogP contribution in [0.4, 0.5) is 0 Å². The average Bonchev–Trinajstić information content (AvgIpc) is 2.55. The Morgan fingerprint density at radius 2 is 1.29 bits per heavy atom. The molecule has 0 aliphatic carbocycles. The third-order valence-electron chi connectivity index (χ3n) is 4.17. The SMILES string of the molecule is CC(C)(C)CCCOCCNC(=O)CCCCC(=O)NCCCNC(C)(C)C. The minimum atomic E-state index is 0.0342. The summed E-state index contributed by atoms with van der Waals surface area (Å²) in [7, 11) is 0. The van der Waals surface area contributed by atoms with E-state index in [0.717, 1.165) is 45.3 Å². The molecule has 28 heavy (non-hydrogen) atoms. The zero-order valence-corrected chi connectivity index (χ0v) is 19.2. The van der Waals surface area contributed by atoms with Gasteiger partial charge in [0.05, 0.1) is 6.61 Å². The summed E-state index contributed by atoms with van der Waals surface area (Å²) >= 11 is 0. The summed E-state index contributed by atoms with van der Waals surface area (Å²) in [6.07, 6.45) is 5.53. The van der Waals surface area contributed by atoms with Crippen molar-refractivity contribution < 1.29 is 14.3 Å². The van der Waals surface area contributed by atoms with Crippen LogP contribution < -0.4 is 16.0 Å². The first-order valence-electron chi connectivity index (χ1n) is 10.9. The van der Waals surface area contributed by atoms with E-state index in [0.29, 0.717) is 38.0 Å². The van der Waals surface area contributed by atoms with Crippen molar-refractivity contribution in [2.45, 2.75) is 92.0 Å². The highest BCUT2D eigenvalue weighted by atomic mass is 16.5. The summed E-state index contributed by atoms with van der Waals surface area (Å²) in [4.78, 5) is 23.5. The summed E-state index contributed by atoms with van der Waals surface area (Å²) in [5, 5.41) is 9.19. The topological polar surface area (TPSA) is 79.5 Å². The summed E-state index contributed by atoms with van der Waals surface area (Å²) in [5.41, 5.74) is 0.459. The molecule has 0 saturated heterocycles. The molecule has 0 aromatic heterocycles. The third kappa shape index (κ3) is 21.2. The second-order valence-corrected chi connectivity index (χ2v) is 9.71. The Morgan fingerprint density at radius 1 is 0.714 bits per heavy atom. The minimum Gasteiger partial charge on any atom is -0.380 e. The van der Waals surface area contributed by atoms with E-state index in [1.54, 1.807) is 0 Å². The molecule has 0 atom stereocenters. The first-order valence-corrected chi connectivity index (χ1v) is 10.9. The second kappa shape index (κ2) is 14.8. The molecule has 0 rings (SSSR count). The molecule has 166 valence electrons. The van der Waals surface area contributed by atoms with Crippen LogP contribution in [0.5, 0.6) is 0 Å². The van der Waals surface area contributed by atoms with Gasteiger partial charge in [-0.2, -0.15) is 0 Å². The molecule has 0 aromatic rings. The number of carbonyl (C=O) groups is 2. The van der Waals surface area contributed by atoms with Crippen LogP contribution in [-0.4, -0.2) is 50.2 Å². The molecule has 3 N–H and O–H groups in total. The Labute approximate surface area is 172 Å². The standard InChI is InChI=1S/C22H45N3O3/c1-21(2,3)13-9-17-28-18-16-24-20(27)12-8-7-11-19(26)23-14-10-15-25-22(4,5)6/h25H,7-18H2,1-6H3,(H,23,26)(H,24,27). The lowest BCUT2D eigenvalue weighted by molar-refractivity contribution is -0.123. The number of unbranched alkanes of at least 4 members (excludes halogenated alkanes) is 1. The quantitative estimate of drug-likeness (QED) is 0.369. The van der Waals surface area contributed by atoms with E-state index >= 15 is 0 Å². The van der Waals surface area contributed by atoms with Crippen LogP contribution in [0.15, 0.2) is 0 Å². The second-order valence-electron chi connectivity index (χ2n) is 9.71. The number of hydrogen-bond donors (Lipinski definition) is 3. The van der Waals surface area contributed by atoms with Crippen molar-refractivity contribution in [3.63, 3.8) is 0 Å². The lowest BCUT2D eigenvalue weighted by Gasteiger charge is -2.20. The normalized spacial score (nSPS) is 12.1. The summed E-state index contributed by atoms with van der Waals surface area (Å²) in [6, 6.07) is 0. The van der Waals surface area contributed by atoms with Gasteiger partial charge >= 0.3 is 0 Å². The maximum atomic E-state index is 11.8. The number of ether oxygens (including phenoxy) is 1. The maximum Gasteiger partial charge on any atom is 0.220 e. The van der Waals surface area contributed by atoms with Gasteiger partial charge < -0.3 is 20.7 Å². The van der Waals surface area contributed by atoms with Gasteiger partial charge in [0.25, 0.3) is 0 Å². The van der Waals surface area contributed by atoms with Crippen LogP contribution >= 0.6 is 0 Å². The fourth-order valence-corrected chi connectivity index (χ4v) is 2.60. The van der Waals surface area contributed by atoms with E-state index in [1.807, 2.05) is 0 Å². The lowest BCUT2D eigenvalue weighted by atomic mass is 9.91. The number of hydrogen-bond acceptors (Lipinski definition) is 4. The highest BCUT2D eigenvalue weighted by Crippen LogP contribution is 2.20. The molecular weight excluding hydrogens is 354 g/mol. The first kappa shape index (κ1) is 26.9. The molecule has 0 fully saturated rings. The molecule has 0 saturated carbocycles. The van der Waals surface area contributed by atoms with Gasteiger partial charge in [0.2, 0.25) is 11.8 Å². The van der Waals surface area contributed by atoms with Crippen LogP contribution in [-0.2, 0) is 14.3 Å². The van der Waals surface area contributed by atoms with Crippen LogP contribution in [0, 0.1) is 5.41 Å². The van der Waals surface area contributed by atoms with Crippen molar-refractivity contribution in [3.05, 3.63) is 0 Å². The van der Waals surface area contributed by atoms with Gasteiger partial charge in [0, 0.05) is 38.1 Å². The average molecular weight is 400 g/mol. The van der Waals surface area contributed by atoms with Gasteiger partial charge in [0.1, 0.15) is 0 Å². The number of nitrogens with one attached hydrogen (secondary N) is 3. The molecule has 0 aromatic carbocycles. The zero-order chi connectivity index (χ0) is 21.5. The fraction of sp³-hybridized carbons (Fsp3) is 0.909. The van der Waals surface area contributed by atoms with Gasteiger partial charge in [-0.1, -0.05) is 20.8 Å². The smallest absolute Gasteiger partial charge is 0.220 e. The van der Waals surface area contributed by atoms with Crippen molar-refractivity contribution in [3.8, 4) is 0 Å². The summed E-state index contributed by atoms with van der Waals surface area (Å²) in [5.74, 6) is 0.103. The molecule has 0 heterocycles. The molecule has 0 unspecified atom stereocenters. The van der Waals surface area contributed by atoms with E-state index in [4.69, 9.17) is 4.74 Å². The number of carbonyl (C=O) groups excluding carboxylic acids is 2. The third-order valence-corrected chi connectivity index (χ3v) is 4.17. The van der Waals surface area contributed by atoms with Crippen LogP contribution in [0.25, 0.3) is 0 Å². The largest absolute Gasteiger partial charge is 0.380 e. The minimum absolute atomic E-state index is 0.0342. The van der Waals surface area contributed by atoms with E-state index in [9.17, 15) is 9.59 Å². The summed E-state index contributed by atoms with van der Waals surface area (Å²) < 4.78 is 5.54. The first-order chi connectivity index (χ1) is 13.0. The number of rotatable bonds is 15. The molecule has 0 bridgehead atoms. The Balaban J connectivity index is 3.43. The van der Waals surface area contributed by atoms with Crippen molar-refractivity contribution >= 4 is 11.8 Å². The van der Waals surface area contributed by atoms with Crippen molar-refractivity contribution in [1.82, 2.24) is 16.0 Å². The molecule has 0 radical (unpaired) electrons. The van der Waals surface area contributed by atoms with E-state index in [-0.39, 0.29) is 17.4 Å². The van der Waals surface area contributed by atoms with Gasteiger partial charge in [0.15, 0.2) is 0 Å². The predicted octanol–water partition coefficient (Wildman–Crippen LogP) is 3.40. The monoisotopic (exact) mass is 399 g/mol. The molecular formula is C22H45N3O3. The molecule has 0 spiro atoms. The molecule has 6 heteroatoms. The number of amides is 2. The Hall–Kier alpha value is -1.14. The fourth-order valence-electron chi connectivity index (χ4n) is 2.60. The van der Waals surface area contributed by atoms with Crippen LogP contribution in [0.2, 0.25) is 0 Å². The molecule has 6 nitrogen and oxygen atoms in total.